The molecule has 1 amide bonds. The van der Waals surface area contributed by atoms with Gasteiger partial charge in [-0.3, -0.25) is 9.89 Å². The van der Waals surface area contributed by atoms with Crippen molar-refractivity contribution in [3.63, 3.8) is 0 Å². The molecule has 0 aromatic carbocycles. The first-order chi connectivity index (χ1) is 9.65. The van der Waals surface area contributed by atoms with Crippen LogP contribution in [0, 0.1) is 5.92 Å². The highest BCUT2D eigenvalue weighted by molar-refractivity contribution is 7.13. The Labute approximate surface area is 122 Å². The van der Waals surface area contributed by atoms with Gasteiger partial charge >= 0.3 is 0 Å². The van der Waals surface area contributed by atoms with Crippen LogP contribution in [0.5, 0.6) is 0 Å². The summed E-state index contributed by atoms with van der Waals surface area (Å²) in [5.74, 6) is -0.0388. The molecule has 0 saturated carbocycles. The monoisotopic (exact) mass is 293 g/mol. The van der Waals surface area contributed by atoms with Gasteiger partial charge in [0.2, 0.25) is 0 Å². The first kappa shape index (κ1) is 14.7. The number of aliphatic hydroxyl groups excluding tert-OH is 1. The lowest BCUT2D eigenvalue weighted by Gasteiger charge is -2.21. The minimum absolute atomic E-state index is 0.0665. The molecule has 0 aliphatic carbocycles. The number of amides is 1. The van der Waals surface area contributed by atoms with Gasteiger partial charge in [-0.2, -0.15) is 5.10 Å². The Kier molecular flexibility index (Phi) is 4.92. The molecular weight excluding hydrogens is 274 g/mol. The number of nitrogens with one attached hydrogen (secondary N) is 2. The summed E-state index contributed by atoms with van der Waals surface area (Å²) in [4.78, 5) is 13.2. The average Bonchev–Trinajstić information content (AvgIpc) is 3.13. The Balaban J connectivity index is 2.06. The summed E-state index contributed by atoms with van der Waals surface area (Å²) in [7, 11) is 0. The maximum atomic E-state index is 12.1. The van der Waals surface area contributed by atoms with E-state index in [2.05, 4.69) is 15.5 Å². The highest BCUT2D eigenvalue weighted by atomic mass is 32.1. The van der Waals surface area contributed by atoms with E-state index in [-0.39, 0.29) is 24.5 Å². The highest BCUT2D eigenvalue weighted by Crippen LogP contribution is 2.22. The van der Waals surface area contributed by atoms with E-state index in [0.29, 0.717) is 5.69 Å². The zero-order valence-electron chi connectivity index (χ0n) is 11.6. The second kappa shape index (κ2) is 6.67. The van der Waals surface area contributed by atoms with Crippen LogP contribution in [-0.2, 0) is 0 Å². The standard InChI is InChI=1S/C14H19N3O2S/c1-3-9(2)12(8-18)15-14(19)11-7-10(16-17-11)13-5-4-6-20-13/h4-7,9,12,18H,3,8H2,1-2H3,(H,15,19)(H,16,17). The maximum absolute atomic E-state index is 12.1. The predicted molar refractivity (Wildman–Crippen MR) is 79.7 cm³/mol. The van der Waals surface area contributed by atoms with E-state index >= 15 is 0 Å². The van der Waals surface area contributed by atoms with Crippen LogP contribution in [0.25, 0.3) is 10.6 Å². The third-order valence-electron chi connectivity index (χ3n) is 3.44. The van der Waals surface area contributed by atoms with Crippen molar-refractivity contribution in [3.05, 3.63) is 29.3 Å². The van der Waals surface area contributed by atoms with E-state index in [9.17, 15) is 9.90 Å². The Hall–Kier alpha value is -1.66. The van der Waals surface area contributed by atoms with Crippen molar-refractivity contribution in [2.45, 2.75) is 26.3 Å². The number of hydrogen-bond acceptors (Lipinski definition) is 4. The third-order valence-corrected chi connectivity index (χ3v) is 4.34. The Bertz CT molecular complexity index is 551. The first-order valence-corrected chi connectivity index (χ1v) is 7.54. The fraction of sp³-hybridized carbons (Fsp3) is 0.429. The van der Waals surface area contributed by atoms with Gasteiger partial charge < -0.3 is 10.4 Å². The van der Waals surface area contributed by atoms with Crippen molar-refractivity contribution in [1.82, 2.24) is 15.5 Å². The van der Waals surface area contributed by atoms with E-state index in [4.69, 9.17) is 0 Å². The van der Waals surface area contributed by atoms with Crippen molar-refractivity contribution >= 4 is 17.2 Å². The average molecular weight is 293 g/mol. The Morgan fingerprint density at radius 3 is 3.00 bits per heavy atom. The number of rotatable bonds is 6. The third kappa shape index (κ3) is 3.26. The van der Waals surface area contributed by atoms with Gasteiger partial charge in [0.05, 0.1) is 23.2 Å². The SMILES string of the molecule is CCC(C)C(CO)NC(=O)c1cc(-c2cccs2)[nH]n1. The molecule has 0 spiro atoms. The van der Waals surface area contributed by atoms with Crippen molar-refractivity contribution < 1.29 is 9.90 Å². The van der Waals surface area contributed by atoms with Gasteiger partial charge in [-0.15, -0.1) is 11.3 Å². The number of H-pyrrole nitrogens is 1. The van der Waals surface area contributed by atoms with Gasteiger partial charge in [-0.05, 0) is 23.4 Å². The summed E-state index contributed by atoms with van der Waals surface area (Å²) in [6.45, 7) is 3.97. The summed E-state index contributed by atoms with van der Waals surface area (Å²) < 4.78 is 0. The van der Waals surface area contributed by atoms with E-state index < -0.39 is 0 Å². The van der Waals surface area contributed by atoms with Crippen LogP contribution < -0.4 is 5.32 Å². The molecule has 2 atom stereocenters. The minimum atomic E-state index is -0.261. The van der Waals surface area contributed by atoms with Gasteiger partial charge in [0.1, 0.15) is 0 Å². The summed E-state index contributed by atoms with van der Waals surface area (Å²) in [5, 5.41) is 21.0. The molecule has 0 aliphatic rings. The number of carbonyl (C=O) groups excluding carboxylic acids is 1. The molecule has 6 heteroatoms. The van der Waals surface area contributed by atoms with Crippen LogP contribution in [0.3, 0.4) is 0 Å². The molecule has 0 aliphatic heterocycles. The number of aromatic amines is 1. The van der Waals surface area contributed by atoms with Crippen molar-refractivity contribution in [2.75, 3.05) is 6.61 Å². The van der Waals surface area contributed by atoms with Gasteiger partial charge in [-0.1, -0.05) is 26.3 Å². The molecular formula is C14H19N3O2S. The summed E-state index contributed by atoms with van der Waals surface area (Å²) in [6.07, 6.45) is 0.895. The largest absolute Gasteiger partial charge is 0.394 e. The quantitative estimate of drug-likeness (QED) is 0.764. The molecule has 0 bridgehead atoms. The lowest BCUT2D eigenvalue weighted by molar-refractivity contribution is 0.0886. The molecule has 3 N–H and O–H groups in total. The van der Waals surface area contributed by atoms with Crippen LogP contribution in [0.4, 0.5) is 0 Å². The van der Waals surface area contributed by atoms with Gasteiger partial charge in [0.15, 0.2) is 5.69 Å². The molecule has 0 radical (unpaired) electrons. The van der Waals surface area contributed by atoms with Crippen LogP contribution >= 0.6 is 11.3 Å². The van der Waals surface area contributed by atoms with E-state index in [1.807, 2.05) is 31.4 Å². The number of aromatic nitrogens is 2. The fourth-order valence-electron chi connectivity index (χ4n) is 1.89. The number of aliphatic hydroxyl groups is 1. The lowest BCUT2D eigenvalue weighted by Crippen LogP contribution is -2.42. The van der Waals surface area contributed by atoms with Gasteiger partial charge in [-0.25, -0.2) is 0 Å². The van der Waals surface area contributed by atoms with Crippen LogP contribution in [0.2, 0.25) is 0 Å². The molecule has 0 saturated heterocycles. The number of hydrogen-bond donors (Lipinski definition) is 3. The number of nitrogens with zero attached hydrogens (tertiary/aromatic N) is 1. The summed E-state index contributed by atoms with van der Waals surface area (Å²) >= 11 is 1.59. The number of carbonyl (C=O) groups is 1. The van der Waals surface area contributed by atoms with E-state index in [1.54, 1.807) is 17.4 Å². The Morgan fingerprint density at radius 2 is 2.40 bits per heavy atom. The lowest BCUT2D eigenvalue weighted by atomic mass is 10.00. The zero-order chi connectivity index (χ0) is 14.5. The molecule has 5 nitrogen and oxygen atoms in total. The Morgan fingerprint density at radius 1 is 1.60 bits per heavy atom. The summed E-state index contributed by atoms with van der Waals surface area (Å²) in [5.41, 5.74) is 1.17. The molecule has 2 unspecified atom stereocenters. The van der Waals surface area contributed by atoms with Crippen molar-refractivity contribution in [2.24, 2.45) is 5.92 Å². The number of thiophene rings is 1. The summed E-state index contributed by atoms with van der Waals surface area (Å²) in [6, 6.07) is 5.40. The van der Waals surface area contributed by atoms with E-state index in [1.165, 1.54) is 0 Å². The van der Waals surface area contributed by atoms with Crippen LogP contribution in [0.15, 0.2) is 23.6 Å². The molecule has 108 valence electrons. The minimum Gasteiger partial charge on any atom is -0.394 e. The first-order valence-electron chi connectivity index (χ1n) is 6.66. The normalized spacial score (nSPS) is 13.9. The topological polar surface area (TPSA) is 78.0 Å². The second-order valence-electron chi connectivity index (χ2n) is 4.79. The molecule has 20 heavy (non-hydrogen) atoms. The smallest absolute Gasteiger partial charge is 0.272 e. The second-order valence-corrected chi connectivity index (χ2v) is 5.74. The molecule has 2 aromatic rings. The van der Waals surface area contributed by atoms with E-state index in [0.717, 1.165) is 17.0 Å². The van der Waals surface area contributed by atoms with Crippen LogP contribution in [-0.4, -0.2) is 33.9 Å². The molecule has 2 aromatic heterocycles. The van der Waals surface area contributed by atoms with Crippen molar-refractivity contribution in [1.29, 1.82) is 0 Å². The molecule has 0 fully saturated rings. The fourth-order valence-corrected chi connectivity index (χ4v) is 2.58. The zero-order valence-corrected chi connectivity index (χ0v) is 12.4. The van der Waals surface area contributed by atoms with Crippen LogP contribution in [0.1, 0.15) is 30.8 Å². The van der Waals surface area contributed by atoms with Crippen molar-refractivity contribution in [3.8, 4) is 10.6 Å². The molecule has 2 rings (SSSR count). The van der Waals surface area contributed by atoms with Gasteiger partial charge in [0.25, 0.3) is 5.91 Å². The maximum Gasteiger partial charge on any atom is 0.272 e. The highest BCUT2D eigenvalue weighted by Gasteiger charge is 2.20. The van der Waals surface area contributed by atoms with Gasteiger partial charge in [0, 0.05) is 0 Å². The molecule has 2 heterocycles. The predicted octanol–water partition coefficient (Wildman–Crippen LogP) is 2.27.